The van der Waals surface area contributed by atoms with E-state index in [4.69, 9.17) is 0 Å². The van der Waals surface area contributed by atoms with E-state index in [1.54, 1.807) is 30.5 Å². The number of benzene rings is 3. The van der Waals surface area contributed by atoms with Gasteiger partial charge in [-0.05, 0) is 59.7 Å². The van der Waals surface area contributed by atoms with Gasteiger partial charge in [0.05, 0.1) is 11.4 Å². The van der Waals surface area contributed by atoms with Crippen molar-refractivity contribution in [2.45, 2.75) is 6.42 Å². The zero-order valence-corrected chi connectivity index (χ0v) is 16.1. The molecule has 4 rings (SSSR count). The summed E-state index contributed by atoms with van der Waals surface area (Å²) >= 11 is 0. The molecule has 0 saturated carbocycles. The molecule has 1 heterocycles. The molecular weight excluding hydrogens is 378 g/mol. The van der Waals surface area contributed by atoms with Crippen LogP contribution in [0.25, 0.3) is 5.70 Å². The number of carbonyl (C=O) groups is 1. The molecule has 0 aliphatic carbocycles. The van der Waals surface area contributed by atoms with Gasteiger partial charge in [0.2, 0.25) is 0 Å². The third kappa shape index (κ3) is 4.44. The lowest BCUT2D eigenvalue weighted by molar-refractivity contribution is 0.0963. The number of hydrogen-bond acceptors (Lipinski definition) is 5. The quantitative estimate of drug-likeness (QED) is 0.453. The number of rotatable bonds is 5. The number of phenolic OH excluding ortho intramolecular Hbond substituents is 2. The second-order valence-electron chi connectivity index (χ2n) is 6.89. The Morgan fingerprint density at radius 1 is 0.833 bits per heavy atom. The second kappa shape index (κ2) is 8.45. The van der Waals surface area contributed by atoms with Gasteiger partial charge in [-0.15, -0.1) is 0 Å². The highest BCUT2D eigenvalue weighted by Gasteiger charge is 2.18. The van der Waals surface area contributed by atoms with Gasteiger partial charge in [-0.2, -0.15) is 0 Å². The van der Waals surface area contributed by atoms with Crippen LogP contribution in [0.1, 0.15) is 21.5 Å². The van der Waals surface area contributed by atoms with Crippen LogP contribution in [0.4, 0.5) is 0 Å². The minimum Gasteiger partial charge on any atom is -0.508 e. The molecule has 3 aromatic rings. The Bertz CT molecular complexity index is 1100. The van der Waals surface area contributed by atoms with E-state index in [1.807, 2.05) is 42.5 Å². The Kier molecular flexibility index (Phi) is 5.39. The molecule has 5 N–H and O–H groups in total. The van der Waals surface area contributed by atoms with Gasteiger partial charge in [-0.25, -0.2) is 0 Å². The summed E-state index contributed by atoms with van der Waals surface area (Å²) in [6.07, 6.45) is 2.35. The molecule has 1 aliphatic rings. The first-order valence-electron chi connectivity index (χ1n) is 9.49. The van der Waals surface area contributed by atoms with E-state index >= 15 is 0 Å². The number of hydrogen-bond donors (Lipinski definition) is 5. The molecule has 0 radical (unpaired) electrons. The Morgan fingerprint density at radius 3 is 2.13 bits per heavy atom. The van der Waals surface area contributed by atoms with Crippen molar-refractivity contribution < 1.29 is 15.0 Å². The van der Waals surface area contributed by atoms with Gasteiger partial charge in [0.25, 0.3) is 5.91 Å². The average Bonchev–Trinajstić information content (AvgIpc) is 2.77. The van der Waals surface area contributed by atoms with Crippen molar-refractivity contribution in [1.82, 2.24) is 16.0 Å². The molecule has 1 amide bonds. The maximum atomic E-state index is 12.7. The third-order valence-electron chi connectivity index (χ3n) is 4.72. The molecule has 0 bridgehead atoms. The van der Waals surface area contributed by atoms with Gasteiger partial charge in [-0.1, -0.05) is 30.3 Å². The normalized spacial score (nSPS) is 13.1. The maximum absolute atomic E-state index is 12.7. The van der Waals surface area contributed by atoms with Crippen molar-refractivity contribution in [3.8, 4) is 11.5 Å². The summed E-state index contributed by atoms with van der Waals surface area (Å²) in [6.45, 7) is 0. The average molecular weight is 399 g/mol. The fourth-order valence-corrected chi connectivity index (χ4v) is 3.13. The Hall–Kier alpha value is -4.19. The third-order valence-corrected chi connectivity index (χ3v) is 4.72. The molecule has 30 heavy (non-hydrogen) atoms. The molecule has 0 aromatic heterocycles. The van der Waals surface area contributed by atoms with Gasteiger partial charge >= 0.3 is 0 Å². The van der Waals surface area contributed by atoms with Crippen LogP contribution in [0.3, 0.4) is 0 Å². The first-order chi connectivity index (χ1) is 14.6. The molecule has 6 heteroatoms. The highest BCUT2D eigenvalue weighted by atomic mass is 16.3. The molecule has 1 aliphatic heterocycles. The summed E-state index contributed by atoms with van der Waals surface area (Å²) in [5, 5.41) is 28.5. The van der Waals surface area contributed by atoms with Crippen LogP contribution >= 0.6 is 0 Å². The van der Waals surface area contributed by atoms with E-state index in [0.29, 0.717) is 17.8 Å². The molecule has 0 saturated heterocycles. The van der Waals surface area contributed by atoms with Crippen LogP contribution in [-0.4, -0.2) is 16.1 Å². The predicted octanol–water partition coefficient (Wildman–Crippen LogP) is 3.43. The number of allylic oxidation sites excluding steroid dienone is 1. The van der Waals surface area contributed by atoms with Gasteiger partial charge in [0.1, 0.15) is 17.3 Å². The second-order valence-corrected chi connectivity index (χ2v) is 6.89. The lowest BCUT2D eigenvalue weighted by Gasteiger charge is -2.25. The van der Waals surface area contributed by atoms with E-state index < -0.39 is 0 Å². The Balaban J connectivity index is 1.60. The highest BCUT2D eigenvalue weighted by Crippen LogP contribution is 2.21. The summed E-state index contributed by atoms with van der Waals surface area (Å²) in [4.78, 5) is 12.7. The van der Waals surface area contributed by atoms with Crippen LogP contribution in [0.2, 0.25) is 0 Å². The molecule has 0 unspecified atom stereocenters. The van der Waals surface area contributed by atoms with Crippen LogP contribution < -0.4 is 16.0 Å². The number of aromatic hydroxyl groups is 2. The fraction of sp³-hybridized carbons (Fsp3) is 0.0417. The Labute approximate surface area is 174 Å². The standard InChI is InChI=1S/C24H21N3O3/c28-19-10-6-17(7-11-19)22-15-25-23(21(26-22)14-16-4-2-1-3-5-16)27-24(30)18-8-12-20(29)13-9-18/h1-13,15,25-26,28-29H,14H2,(H,27,30). The molecular formula is C24H21N3O3. The van der Waals surface area contributed by atoms with Gasteiger partial charge in [0, 0.05) is 18.2 Å². The van der Waals surface area contributed by atoms with Gasteiger partial charge in [-0.3, -0.25) is 4.79 Å². The van der Waals surface area contributed by atoms with Gasteiger partial charge in [0.15, 0.2) is 0 Å². The van der Waals surface area contributed by atoms with Crippen LogP contribution in [0, 0.1) is 0 Å². The van der Waals surface area contributed by atoms with Crippen molar-refractivity contribution >= 4 is 11.6 Å². The summed E-state index contributed by atoms with van der Waals surface area (Å²) in [5.74, 6) is 0.574. The summed E-state index contributed by atoms with van der Waals surface area (Å²) in [7, 11) is 0. The van der Waals surface area contributed by atoms with E-state index in [-0.39, 0.29) is 17.4 Å². The summed E-state index contributed by atoms with van der Waals surface area (Å²) in [6, 6.07) is 22.9. The monoisotopic (exact) mass is 399 g/mol. The molecule has 0 atom stereocenters. The number of nitrogens with one attached hydrogen (secondary N) is 3. The minimum atomic E-state index is -0.286. The number of phenols is 2. The maximum Gasteiger partial charge on any atom is 0.256 e. The highest BCUT2D eigenvalue weighted by molar-refractivity contribution is 5.95. The van der Waals surface area contributed by atoms with Crippen molar-refractivity contribution in [3.05, 3.63) is 113 Å². The zero-order valence-electron chi connectivity index (χ0n) is 16.1. The first-order valence-corrected chi connectivity index (χ1v) is 9.49. The summed E-state index contributed by atoms with van der Waals surface area (Å²) in [5.41, 5.74) is 4.05. The molecule has 0 fully saturated rings. The fourth-order valence-electron chi connectivity index (χ4n) is 3.13. The Morgan fingerprint density at radius 2 is 1.47 bits per heavy atom. The molecule has 3 aromatic carbocycles. The van der Waals surface area contributed by atoms with E-state index in [2.05, 4.69) is 16.0 Å². The molecule has 0 spiro atoms. The van der Waals surface area contributed by atoms with Crippen molar-refractivity contribution in [2.24, 2.45) is 0 Å². The number of carbonyl (C=O) groups excluding carboxylic acids is 1. The van der Waals surface area contributed by atoms with Gasteiger partial charge < -0.3 is 26.2 Å². The molecule has 6 nitrogen and oxygen atoms in total. The SMILES string of the molecule is O=C(NC1=C(Cc2ccccc2)NC(c2ccc(O)cc2)=CN1)c1ccc(O)cc1. The van der Waals surface area contributed by atoms with E-state index in [1.165, 1.54) is 12.1 Å². The lowest BCUT2D eigenvalue weighted by atomic mass is 10.1. The summed E-state index contributed by atoms with van der Waals surface area (Å²) < 4.78 is 0. The van der Waals surface area contributed by atoms with Crippen molar-refractivity contribution in [2.75, 3.05) is 0 Å². The smallest absolute Gasteiger partial charge is 0.256 e. The minimum absolute atomic E-state index is 0.106. The number of amides is 1. The topological polar surface area (TPSA) is 93.6 Å². The lowest BCUT2D eigenvalue weighted by Crippen LogP contribution is -2.37. The molecule has 150 valence electrons. The predicted molar refractivity (Wildman–Crippen MR) is 115 cm³/mol. The van der Waals surface area contributed by atoms with Crippen molar-refractivity contribution in [3.63, 3.8) is 0 Å². The first kappa shape index (κ1) is 19.1. The van der Waals surface area contributed by atoms with Crippen LogP contribution in [0.15, 0.2) is 96.6 Å². The van der Waals surface area contributed by atoms with Crippen molar-refractivity contribution in [1.29, 1.82) is 0 Å². The van der Waals surface area contributed by atoms with Crippen LogP contribution in [-0.2, 0) is 6.42 Å². The zero-order chi connectivity index (χ0) is 20.9. The van der Waals surface area contributed by atoms with E-state index in [0.717, 1.165) is 22.5 Å². The van der Waals surface area contributed by atoms with Crippen LogP contribution in [0.5, 0.6) is 11.5 Å². The largest absolute Gasteiger partial charge is 0.508 e. The van der Waals surface area contributed by atoms with E-state index in [9.17, 15) is 15.0 Å².